The molecule has 2 heterocycles. The highest BCUT2D eigenvalue weighted by Gasteiger charge is 2.19. The van der Waals surface area contributed by atoms with Crippen molar-refractivity contribution < 1.29 is 13.9 Å². The van der Waals surface area contributed by atoms with Crippen LogP contribution in [-0.4, -0.2) is 42.1 Å². The van der Waals surface area contributed by atoms with E-state index in [2.05, 4.69) is 10.3 Å². The SMILES string of the molecule is O=C(c1cc(Nc2cccc(F)c2)ccn1)N1CCOCC1. The molecule has 5 nitrogen and oxygen atoms in total. The second kappa shape index (κ2) is 6.53. The van der Waals surface area contributed by atoms with Gasteiger partial charge in [0.05, 0.1) is 13.2 Å². The van der Waals surface area contributed by atoms with E-state index < -0.39 is 0 Å². The first-order valence-electron chi connectivity index (χ1n) is 7.08. The predicted octanol–water partition coefficient (Wildman–Crippen LogP) is 2.44. The Labute approximate surface area is 127 Å². The van der Waals surface area contributed by atoms with Crippen LogP contribution in [0.25, 0.3) is 0 Å². The zero-order chi connectivity index (χ0) is 15.4. The molecule has 22 heavy (non-hydrogen) atoms. The lowest BCUT2D eigenvalue weighted by atomic mass is 10.2. The summed E-state index contributed by atoms with van der Waals surface area (Å²) >= 11 is 0. The minimum absolute atomic E-state index is 0.119. The molecule has 1 saturated heterocycles. The van der Waals surface area contributed by atoms with E-state index >= 15 is 0 Å². The number of rotatable bonds is 3. The molecule has 1 aromatic heterocycles. The van der Waals surface area contributed by atoms with Crippen LogP contribution in [0, 0.1) is 5.82 Å². The van der Waals surface area contributed by atoms with Crippen LogP contribution in [0.5, 0.6) is 0 Å². The van der Waals surface area contributed by atoms with Gasteiger partial charge < -0.3 is 15.0 Å². The van der Waals surface area contributed by atoms with Crippen LogP contribution in [0.4, 0.5) is 15.8 Å². The summed E-state index contributed by atoms with van der Waals surface area (Å²) in [4.78, 5) is 18.2. The summed E-state index contributed by atoms with van der Waals surface area (Å²) in [7, 11) is 0. The van der Waals surface area contributed by atoms with Crippen LogP contribution in [0.2, 0.25) is 0 Å². The minimum atomic E-state index is -0.316. The molecule has 1 aliphatic rings. The number of benzene rings is 1. The number of nitrogens with one attached hydrogen (secondary N) is 1. The van der Waals surface area contributed by atoms with E-state index in [-0.39, 0.29) is 11.7 Å². The van der Waals surface area contributed by atoms with Crippen molar-refractivity contribution in [3.63, 3.8) is 0 Å². The van der Waals surface area contributed by atoms with Crippen molar-refractivity contribution in [1.82, 2.24) is 9.88 Å². The zero-order valence-electron chi connectivity index (χ0n) is 12.0. The molecule has 1 aliphatic heterocycles. The molecule has 6 heteroatoms. The number of anilines is 2. The Morgan fingerprint density at radius 1 is 1.18 bits per heavy atom. The maximum atomic E-state index is 13.2. The summed E-state index contributed by atoms with van der Waals surface area (Å²) in [6, 6.07) is 9.56. The second-order valence-corrected chi connectivity index (χ2v) is 4.97. The number of nitrogens with zero attached hydrogens (tertiary/aromatic N) is 2. The molecular weight excluding hydrogens is 285 g/mol. The number of morpholine rings is 1. The highest BCUT2D eigenvalue weighted by atomic mass is 19.1. The van der Waals surface area contributed by atoms with E-state index in [1.165, 1.54) is 12.1 Å². The third-order valence-corrected chi connectivity index (χ3v) is 3.39. The Balaban J connectivity index is 1.75. The van der Waals surface area contributed by atoms with Gasteiger partial charge in [-0.15, -0.1) is 0 Å². The van der Waals surface area contributed by atoms with Crippen LogP contribution < -0.4 is 5.32 Å². The minimum Gasteiger partial charge on any atom is -0.378 e. The summed E-state index contributed by atoms with van der Waals surface area (Å²) in [5.74, 6) is -0.435. The highest BCUT2D eigenvalue weighted by molar-refractivity contribution is 5.93. The van der Waals surface area contributed by atoms with Crippen molar-refractivity contribution in [2.75, 3.05) is 31.6 Å². The van der Waals surface area contributed by atoms with E-state index in [9.17, 15) is 9.18 Å². The van der Waals surface area contributed by atoms with E-state index in [4.69, 9.17) is 4.74 Å². The molecule has 1 aromatic carbocycles. The molecule has 0 unspecified atom stereocenters. The van der Waals surface area contributed by atoms with Gasteiger partial charge in [0.25, 0.3) is 5.91 Å². The average Bonchev–Trinajstić information content (AvgIpc) is 2.55. The Kier molecular flexibility index (Phi) is 4.29. The summed E-state index contributed by atoms with van der Waals surface area (Å²) in [6.45, 7) is 2.24. The van der Waals surface area contributed by atoms with E-state index in [0.29, 0.717) is 43.4 Å². The first kappa shape index (κ1) is 14.5. The van der Waals surface area contributed by atoms with E-state index in [1.807, 2.05) is 0 Å². The molecule has 0 aliphatic carbocycles. The first-order valence-corrected chi connectivity index (χ1v) is 7.08. The van der Waals surface area contributed by atoms with Gasteiger partial charge in [-0.1, -0.05) is 6.07 Å². The van der Waals surface area contributed by atoms with Gasteiger partial charge in [0.15, 0.2) is 0 Å². The van der Waals surface area contributed by atoms with Crippen LogP contribution in [0.3, 0.4) is 0 Å². The highest BCUT2D eigenvalue weighted by Crippen LogP contribution is 2.18. The first-order chi connectivity index (χ1) is 10.7. The molecule has 1 N–H and O–H groups in total. The number of ether oxygens (including phenoxy) is 1. The summed E-state index contributed by atoms with van der Waals surface area (Å²) in [5, 5.41) is 3.07. The quantitative estimate of drug-likeness (QED) is 0.946. The fraction of sp³-hybridized carbons (Fsp3) is 0.250. The summed E-state index contributed by atoms with van der Waals surface area (Å²) < 4.78 is 18.4. The van der Waals surface area contributed by atoms with Gasteiger partial charge in [-0.25, -0.2) is 4.39 Å². The molecule has 0 atom stereocenters. The van der Waals surface area contributed by atoms with Crippen LogP contribution in [-0.2, 0) is 4.74 Å². The second-order valence-electron chi connectivity index (χ2n) is 4.97. The van der Waals surface area contributed by atoms with Crippen molar-refractivity contribution >= 4 is 17.3 Å². The lowest BCUT2D eigenvalue weighted by Gasteiger charge is -2.26. The number of carbonyl (C=O) groups is 1. The topological polar surface area (TPSA) is 54.5 Å². The molecule has 1 amide bonds. The third-order valence-electron chi connectivity index (χ3n) is 3.39. The normalized spacial score (nSPS) is 14.7. The van der Waals surface area contributed by atoms with Crippen molar-refractivity contribution in [3.05, 3.63) is 54.1 Å². The fourth-order valence-corrected chi connectivity index (χ4v) is 2.29. The fourth-order valence-electron chi connectivity index (χ4n) is 2.29. The van der Waals surface area contributed by atoms with Crippen molar-refractivity contribution in [1.29, 1.82) is 0 Å². The largest absolute Gasteiger partial charge is 0.378 e. The Morgan fingerprint density at radius 3 is 2.73 bits per heavy atom. The van der Waals surface area contributed by atoms with Crippen molar-refractivity contribution in [2.45, 2.75) is 0 Å². The Hall–Kier alpha value is -2.47. The maximum Gasteiger partial charge on any atom is 0.272 e. The molecule has 114 valence electrons. The lowest BCUT2D eigenvalue weighted by molar-refractivity contribution is 0.0299. The molecular formula is C16H16FN3O2. The summed E-state index contributed by atoms with van der Waals surface area (Å²) in [5.41, 5.74) is 1.68. The molecule has 3 rings (SSSR count). The molecule has 0 spiro atoms. The molecule has 1 fully saturated rings. The van der Waals surface area contributed by atoms with Crippen LogP contribution in [0.15, 0.2) is 42.6 Å². The third kappa shape index (κ3) is 3.40. The Morgan fingerprint density at radius 2 is 1.95 bits per heavy atom. The molecule has 0 bridgehead atoms. The average molecular weight is 301 g/mol. The van der Waals surface area contributed by atoms with Crippen LogP contribution in [0.1, 0.15) is 10.5 Å². The van der Waals surface area contributed by atoms with Gasteiger partial charge in [0.1, 0.15) is 11.5 Å². The summed E-state index contributed by atoms with van der Waals surface area (Å²) in [6.07, 6.45) is 1.56. The number of hydrogen-bond donors (Lipinski definition) is 1. The number of aromatic nitrogens is 1. The Bertz CT molecular complexity index is 672. The number of carbonyl (C=O) groups excluding carboxylic acids is 1. The van der Waals surface area contributed by atoms with Gasteiger partial charge in [0.2, 0.25) is 0 Å². The van der Waals surface area contributed by atoms with E-state index in [0.717, 1.165) is 0 Å². The smallest absolute Gasteiger partial charge is 0.272 e. The number of hydrogen-bond acceptors (Lipinski definition) is 4. The number of pyridine rings is 1. The van der Waals surface area contributed by atoms with E-state index in [1.54, 1.807) is 35.4 Å². The number of halogens is 1. The van der Waals surface area contributed by atoms with Gasteiger partial charge in [0, 0.05) is 30.7 Å². The maximum absolute atomic E-state index is 13.2. The monoisotopic (exact) mass is 301 g/mol. The lowest BCUT2D eigenvalue weighted by Crippen LogP contribution is -2.41. The molecule has 0 radical (unpaired) electrons. The zero-order valence-corrected chi connectivity index (χ0v) is 12.0. The molecule has 2 aromatic rings. The van der Waals surface area contributed by atoms with Crippen molar-refractivity contribution in [3.8, 4) is 0 Å². The van der Waals surface area contributed by atoms with Crippen LogP contribution >= 0.6 is 0 Å². The molecule has 0 saturated carbocycles. The van der Waals surface area contributed by atoms with Crippen molar-refractivity contribution in [2.24, 2.45) is 0 Å². The van der Waals surface area contributed by atoms with Gasteiger partial charge >= 0.3 is 0 Å². The number of amides is 1. The standard InChI is InChI=1S/C16H16FN3O2/c17-12-2-1-3-13(10-12)19-14-4-5-18-15(11-14)16(21)20-6-8-22-9-7-20/h1-5,10-11H,6-9H2,(H,18,19). The van der Waals surface area contributed by atoms with Gasteiger partial charge in [-0.2, -0.15) is 0 Å². The van der Waals surface area contributed by atoms with Gasteiger partial charge in [-0.05, 0) is 30.3 Å². The van der Waals surface area contributed by atoms with Gasteiger partial charge in [-0.3, -0.25) is 9.78 Å². The predicted molar refractivity (Wildman–Crippen MR) is 80.6 cm³/mol.